The molecule has 0 aliphatic carbocycles. The minimum atomic E-state index is -0.443. The van der Waals surface area contributed by atoms with Gasteiger partial charge in [0.15, 0.2) is 0 Å². The van der Waals surface area contributed by atoms with Gasteiger partial charge in [-0.3, -0.25) is 24.1 Å². The predicted octanol–water partition coefficient (Wildman–Crippen LogP) is 3.23. The van der Waals surface area contributed by atoms with Crippen LogP contribution in [-0.2, 0) is 18.8 Å². The van der Waals surface area contributed by atoms with Crippen molar-refractivity contribution in [2.45, 2.75) is 0 Å². The van der Waals surface area contributed by atoms with E-state index in [0.29, 0.717) is 58.1 Å². The van der Waals surface area contributed by atoms with Gasteiger partial charge in [0.2, 0.25) is 0 Å². The molecule has 1 aliphatic heterocycles. The van der Waals surface area contributed by atoms with E-state index >= 15 is 0 Å². The Kier molecular flexibility index (Phi) is 9.31. The molecule has 0 radical (unpaired) electrons. The number of amides is 4. The highest BCUT2D eigenvalue weighted by Gasteiger charge is 2.19. The number of halogens is 1. The number of carbonyl (C=O) groups excluding carboxylic acids is 4. The van der Waals surface area contributed by atoms with Crippen LogP contribution in [0.15, 0.2) is 48.2 Å². The highest BCUT2D eigenvalue weighted by Crippen LogP contribution is 2.24. The molecule has 1 saturated heterocycles. The SMILES string of the molecule is Cn1cc(NC(=O)c2cc(NC(=O)c3cc(NC(=O)c4sccc4Cl)cn3C)c[nH]2)cc1C(=O)NCCN1CCOCC1. The van der Waals surface area contributed by atoms with Gasteiger partial charge in [0.25, 0.3) is 23.6 Å². The molecule has 5 heterocycles. The minimum Gasteiger partial charge on any atom is -0.379 e. The van der Waals surface area contributed by atoms with Crippen LogP contribution in [0.5, 0.6) is 0 Å². The van der Waals surface area contributed by atoms with Crippen molar-refractivity contribution in [2.24, 2.45) is 14.1 Å². The van der Waals surface area contributed by atoms with Crippen molar-refractivity contribution in [1.29, 1.82) is 0 Å². The highest BCUT2D eigenvalue weighted by atomic mass is 35.5. The molecule has 1 aliphatic rings. The number of nitrogens with one attached hydrogen (secondary N) is 5. The quantitative estimate of drug-likeness (QED) is 0.182. The molecule has 4 aromatic rings. The van der Waals surface area contributed by atoms with E-state index in [0.717, 1.165) is 19.6 Å². The van der Waals surface area contributed by atoms with Gasteiger partial charge in [-0.25, -0.2) is 0 Å². The number of hydrogen-bond donors (Lipinski definition) is 5. The molecule has 43 heavy (non-hydrogen) atoms. The Labute approximate surface area is 256 Å². The summed E-state index contributed by atoms with van der Waals surface area (Å²) in [6.07, 6.45) is 4.76. The van der Waals surface area contributed by atoms with Gasteiger partial charge in [-0.2, -0.15) is 0 Å². The lowest BCUT2D eigenvalue weighted by molar-refractivity contribution is 0.0383. The first-order valence-electron chi connectivity index (χ1n) is 13.4. The zero-order valence-corrected chi connectivity index (χ0v) is 25.1. The molecular weight excluding hydrogens is 596 g/mol. The van der Waals surface area contributed by atoms with Gasteiger partial charge in [-0.15, -0.1) is 11.3 Å². The third-order valence-corrected chi connectivity index (χ3v) is 8.16. The summed E-state index contributed by atoms with van der Waals surface area (Å²) in [6, 6.07) is 6.29. The minimum absolute atomic E-state index is 0.211. The van der Waals surface area contributed by atoms with Crippen LogP contribution < -0.4 is 21.3 Å². The summed E-state index contributed by atoms with van der Waals surface area (Å²) in [5, 5.41) is 13.2. The first-order chi connectivity index (χ1) is 20.7. The van der Waals surface area contributed by atoms with E-state index in [1.165, 1.54) is 23.6 Å². The average molecular weight is 627 g/mol. The second kappa shape index (κ2) is 13.3. The molecule has 0 saturated carbocycles. The Morgan fingerprint density at radius 3 is 2.16 bits per heavy atom. The van der Waals surface area contributed by atoms with Crippen molar-refractivity contribution in [3.8, 4) is 0 Å². The van der Waals surface area contributed by atoms with E-state index in [1.807, 2.05) is 0 Å². The van der Waals surface area contributed by atoms with Gasteiger partial charge in [0.1, 0.15) is 22.0 Å². The zero-order valence-electron chi connectivity index (χ0n) is 23.5. The summed E-state index contributed by atoms with van der Waals surface area (Å²) < 4.78 is 8.56. The highest BCUT2D eigenvalue weighted by molar-refractivity contribution is 7.12. The Hall–Kier alpha value is -4.37. The van der Waals surface area contributed by atoms with Gasteiger partial charge in [0.05, 0.1) is 35.3 Å². The molecule has 0 bridgehead atoms. The number of anilines is 3. The lowest BCUT2D eigenvalue weighted by Gasteiger charge is -2.26. The maximum atomic E-state index is 12.9. The molecule has 5 rings (SSSR count). The van der Waals surface area contributed by atoms with Crippen molar-refractivity contribution in [1.82, 2.24) is 24.3 Å². The number of aryl methyl sites for hydroxylation is 2. The number of rotatable bonds is 10. The van der Waals surface area contributed by atoms with Gasteiger partial charge in [-0.1, -0.05) is 11.6 Å². The second-order valence-corrected chi connectivity index (χ2v) is 11.2. The summed E-state index contributed by atoms with van der Waals surface area (Å²) in [4.78, 5) is 56.4. The summed E-state index contributed by atoms with van der Waals surface area (Å²) in [5.74, 6) is -1.48. The van der Waals surface area contributed by atoms with E-state index in [1.54, 1.807) is 59.2 Å². The third kappa shape index (κ3) is 7.35. The third-order valence-electron chi connectivity index (χ3n) is 6.82. The topological polar surface area (TPSA) is 155 Å². The average Bonchev–Trinajstić information content (AvgIpc) is 3.77. The number of H-pyrrole nitrogens is 1. The van der Waals surface area contributed by atoms with Gasteiger partial charge < -0.3 is 40.1 Å². The summed E-state index contributed by atoms with van der Waals surface area (Å²) in [5.41, 5.74) is 2.18. The summed E-state index contributed by atoms with van der Waals surface area (Å²) in [7, 11) is 3.41. The number of morpholine rings is 1. The number of nitrogens with zero attached hydrogens (tertiary/aromatic N) is 3. The van der Waals surface area contributed by atoms with Crippen molar-refractivity contribution in [2.75, 3.05) is 55.3 Å². The van der Waals surface area contributed by atoms with Crippen LogP contribution in [0.2, 0.25) is 5.02 Å². The number of aromatic amines is 1. The van der Waals surface area contributed by atoms with E-state index < -0.39 is 11.8 Å². The Bertz CT molecular complexity index is 1650. The Balaban J connectivity index is 1.14. The number of thiophene rings is 1. The molecule has 0 atom stereocenters. The molecule has 4 amide bonds. The van der Waals surface area contributed by atoms with E-state index in [9.17, 15) is 19.2 Å². The molecule has 5 N–H and O–H groups in total. The smallest absolute Gasteiger partial charge is 0.272 e. The van der Waals surface area contributed by atoms with Gasteiger partial charge in [0, 0.05) is 58.9 Å². The van der Waals surface area contributed by atoms with Crippen LogP contribution in [0.4, 0.5) is 17.1 Å². The maximum Gasteiger partial charge on any atom is 0.272 e. The van der Waals surface area contributed by atoms with Crippen LogP contribution in [0.3, 0.4) is 0 Å². The first kappa shape index (κ1) is 30.1. The normalized spacial score (nSPS) is 13.5. The summed E-state index contributed by atoms with van der Waals surface area (Å²) in [6.45, 7) is 4.34. The monoisotopic (exact) mass is 626 g/mol. The number of hydrogen-bond acceptors (Lipinski definition) is 7. The Morgan fingerprint density at radius 2 is 1.51 bits per heavy atom. The van der Waals surface area contributed by atoms with Crippen molar-refractivity contribution < 1.29 is 23.9 Å². The number of ether oxygens (including phenoxy) is 1. The second-order valence-electron chi connectivity index (χ2n) is 9.92. The van der Waals surface area contributed by atoms with Gasteiger partial charge >= 0.3 is 0 Å². The lowest BCUT2D eigenvalue weighted by atomic mass is 10.3. The lowest BCUT2D eigenvalue weighted by Crippen LogP contribution is -2.41. The standard InChI is InChI=1S/C28H31ClN8O5S/c1-35-15-18(12-22(35)26(39)30-4-5-37-6-8-42-9-7-37)33-25(38)21-11-17(14-31-21)32-27(40)23-13-19(16-36(23)2)34-28(41)24-20(29)3-10-43-24/h3,10-16,31H,4-9H2,1-2H3,(H,30,39)(H,32,40)(H,33,38)(H,34,41). The molecule has 1 fully saturated rings. The molecule has 15 heteroatoms. The van der Waals surface area contributed by atoms with E-state index in [-0.39, 0.29) is 17.5 Å². The molecule has 0 unspecified atom stereocenters. The van der Waals surface area contributed by atoms with Crippen LogP contribution in [0.1, 0.15) is 41.1 Å². The van der Waals surface area contributed by atoms with Crippen molar-refractivity contribution in [3.63, 3.8) is 0 Å². The molecular formula is C28H31ClN8O5S. The molecule has 0 aromatic carbocycles. The van der Waals surface area contributed by atoms with E-state index in [2.05, 4.69) is 31.2 Å². The van der Waals surface area contributed by atoms with Crippen LogP contribution in [0, 0.1) is 0 Å². The fourth-order valence-electron chi connectivity index (χ4n) is 4.59. The van der Waals surface area contributed by atoms with Crippen LogP contribution in [-0.4, -0.2) is 82.0 Å². The number of carbonyl (C=O) groups is 4. The maximum absolute atomic E-state index is 12.9. The fraction of sp³-hybridized carbons (Fsp3) is 0.286. The van der Waals surface area contributed by atoms with Crippen LogP contribution >= 0.6 is 22.9 Å². The van der Waals surface area contributed by atoms with Gasteiger partial charge in [-0.05, 0) is 29.6 Å². The molecule has 4 aromatic heterocycles. The first-order valence-corrected chi connectivity index (χ1v) is 14.7. The number of aromatic nitrogens is 3. The van der Waals surface area contributed by atoms with E-state index in [4.69, 9.17) is 16.3 Å². The molecule has 0 spiro atoms. The summed E-state index contributed by atoms with van der Waals surface area (Å²) >= 11 is 7.26. The van der Waals surface area contributed by atoms with Crippen molar-refractivity contribution >= 4 is 63.6 Å². The Morgan fingerprint density at radius 1 is 0.884 bits per heavy atom. The predicted molar refractivity (Wildman–Crippen MR) is 164 cm³/mol. The largest absolute Gasteiger partial charge is 0.379 e. The molecule has 13 nitrogen and oxygen atoms in total. The zero-order chi connectivity index (χ0) is 30.5. The fourth-order valence-corrected chi connectivity index (χ4v) is 5.63. The van der Waals surface area contributed by atoms with Crippen molar-refractivity contribution in [3.05, 3.63) is 75.2 Å². The van der Waals surface area contributed by atoms with Crippen LogP contribution in [0.25, 0.3) is 0 Å². The molecule has 226 valence electrons.